The Morgan fingerprint density at radius 2 is 1.27 bits per heavy atom. The largest absolute Gasteiger partial charge is 0.493 e. The molecule has 220 valence electrons. The number of allylic oxidation sites excluding steroid dienone is 1. The Hall–Kier alpha value is -3.28. The molecule has 0 amide bonds. The zero-order valence-electron chi connectivity index (χ0n) is 25.8. The van der Waals surface area contributed by atoms with Crippen LogP contribution in [-0.2, 0) is 12.8 Å². The van der Waals surface area contributed by atoms with Crippen LogP contribution in [0.1, 0.15) is 75.6 Å². The van der Waals surface area contributed by atoms with Crippen LogP contribution >= 0.6 is 0 Å². The molecule has 2 heterocycles. The van der Waals surface area contributed by atoms with E-state index in [1.165, 1.54) is 14.2 Å². The summed E-state index contributed by atoms with van der Waals surface area (Å²) in [5.74, 6) is 2.55. The molecule has 0 saturated heterocycles. The zero-order valence-corrected chi connectivity index (χ0v) is 25.8. The van der Waals surface area contributed by atoms with Gasteiger partial charge in [0.15, 0.2) is 11.5 Å². The van der Waals surface area contributed by atoms with E-state index < -0.39 is 11.2 Å². The molecule has 0 N–H and O–H groups in total. The van der Waals surface area contributed by atoms with Gasteiger partial charge in [-0.15, -0.1) is 0 Å². The molecule has 0 spiro atoms. The maximum atomic E-state index is 12.7. The first-order chi connectivity index (χ1) is 19.3. The van der Waals surface area contributed by atoms with Gasteiger partial charge in [-0.2, -0.15) is 0 Å². The van der Waals surface area contributed by atoms with Gasteiger partial charge in [0.2, 0.25) is 10.9 Å². The molecule has 0 bridgehead atoms. The van der Waals surface area contributed by atoms with Crippen molar-refractivity contribution in [3.05, 3.63) is 79.1 Å². The van der Waals surface area contributed by atoms with Crippen LogP contribution in [0, 0.1) is 31.1 Å². The summed E-state index contributed by atoms with van der Waals surface area (Å²) in [4.78, 5) is 25.4. The molecule has 2 aliphatic heterocycles. The number of hydrogen-bond acceptors (Lipinski definition) is 6. The molecular formula is C35H44O6. The van der Waals surface area contributed by atoms with Gasteiger partial charge in [0.1, 0.15) is 22.7 Å². The van der Waals surface area contributed by atoms with Crippen molar-refractivity contribution in [1.29, 1.82) is 0 Å². The first-order valence-electron chi connectivity index (χ1n) is 14.8. The molecule has 0 radical (unpaired) electrons. The van der Waals surface area contributed by atoms with E-state index in [2.05, 4.69) is 39.8 Å². The molecule has 0 aromatic heterocycles. The van der Waals surface area contributed by atoms with Gasteiger partial charge in [0, 0.05) is 30.4 Å². The average Bonchev–Trinajstić information content (AvgIpc) is 3.08. The van der Waals surface area contributed by atoms with Crippen molar-refractivity contribution in [2.75, 3.05) is 14.2 Å². The third-order valence-electron chi connectivity index (χ3n) is 9.86. The van der Waals surface area contributed by atoms with Crippen molar-refractivity contribution in [2.24, 2.45) is 17.3 Å². The number of hydrogen-bond donors (Lipinski definition) is 0. The normalized spacial score (nSPS) is 29.1. The molecule has 41 heavy (non-hydrogen) atoms. The monoisotopic (exact) mass is 560 g/mol. The summed E-state index contributed by atoms with van der Waals surface area (Å²) in [5.41, 5.74) is 2.80. The maximum absolute atomic E-state index is 12.7. The summed E-state index contributed by atoms with van der Waals surface area (Å²) in [6.07, 6.45) is 9.73. The van der Waals surface area contributed by atoms with Crippen LogP contribution in [-0.4, -0.2) is 25.4 Å². The Morgan fingerprint density at radius 3 is 1.80 bits per heavy atom. The third-order valence-corrected chi connectivity index (χ3v) is 9.86. The second kappa shape index (κ2) is 10.5. The first-order valence-corrected chi connectivity index (χ1v) is 14.8. The van der Waals surface area contributed by atoms with Crippen LogP contribution in [0.3, 0.4) is 0 Å². The predicted molar refractivity (Wildman–Crippen MR) is 162 cm³/mol. The second-order valence-corrected chi connectivity index (χ2v) is 13.5. The summed E-state index contributed by atoms with van der Waals surface area (Å²) in [7, 11) is 3.06. The Bertz CT molecular complexity index is 1510. The van der Waals surface area contributed by atoms with Gasteiger partial charge in [-0.3, -0.25) is 9.59 Å². The lowest BCUT2D eigenvalue weighted by Crippen LogP contribution is -2.49. The van der Waals surface area contributed by atoms with Crippen molar-refractivity contribution in [3.8, 4) is 23.0 Å². The molecule has 4 atom stereocenters. The quantitative estimate of drug-likeness (QED) is 0.390. The summed E-state index contributed by atoms with van der Waals surface area (Å²) < 4.78 is 24.6. The zero-order chi connectivity index (χ0) is 29.7. The molecular weight excluding hydrogens is 516 g/mol. The fourth-order valence-electron chi connectivity index (χ4n) is 7.21. The lowest BCUT2D eigenvalue weighted by molar-refractivity contribution is -0.0358. The number of ether oxygens (including phenoxy) is 4. The van der Waals surface area contributed by atoms with E-state index >= 15 is 0 Å². The molecule has 2 aromatic rings. The highest BCUT2D eigenvalue weighted by Gasteiger charge is 2.47. The van der Waals surface area contributed by atoms with Gasteiger partial charge in [-0.1, -0.05) is 26.0 Å². The number of rotatable bonds is 2. The standard InChI is InChI=1S/C35H44O6/c1-21-14-27(36)31(38-7)18-29-25(21)16-23-10-13-35(6)24(20-33(3,4)11-9-12-34(23,5)40-29)17-26-22(2)15-28(37)32(39-8)19-30(26)41-35/h9,11,14-15,18-19,23-24H,10,12-13,16-17,20H2,1-8H3/b11-9+/t23-,24-,34+,35-/m0/s1. The number of fused-ring (bicyclic) bond motifs is 4. The van der Waals surface area contributed by atoms with E-state index in [1.807, 2.05) is 13.8 Å². The van der Waals surface area contributed by atoms with Gasteiger partial charge in [-0.05, 0) is 99.6 Å². The minimum absolute atomic E-state index is 0.0640. The molecule has 2 aromatic carbocycles. The van der Waals surface area contributed by atoms with Gasteiger partial charge in [0.25, 0.3) is 0 Å². The predicted octanol–water partition coefficient (Wildman–Crippen LogP) is 6.52. The van der Waals surface area contributed by atoms with Crippen LogP contribution in [0.25, 0.3) is 0 Å². The van der Waals surface area contributed by atoms with Gasteiger partial charge >= 0.3 is 0 Å². The van der Waals surface area contributed by atoms with Crippen LogP contribution in [0.4, 0.5) is 0 Å². The molecule has 1 aliphatic carbocycles. The molecule has 0 fully saturated rings. The molecule has 6 nitrogen and oxygen atoms in total. The lowest BCUT2D eigenvalue weighted by atomic mass is 9.69. The van der Waals surface area contributed by atoms with Crippen LogP contribution in [0.5, 0.6) is 23.0 Å². The summed E-state index contributed by atoms with van der Waals surface area (Å²) in [6, 6.07) is 6.88. The Labute approximate surface area is 243 Å². The Morgan fingerprint density at radius 1 is 0.756 bits per heavy atom. The van der Waals surface area contributed by atoms with Crippen LogP contribution in [0.2, 0.25) is 0 Å². The minimum atomic E-state index is -0.457. The smallest absolute Gasteiger partial charge is 0.220 e. The van der Waals surface area contributed by atoms with Crippen LogP contribution in [0.15, 0.2) is 46.0 Å². The highest BCUT2D eigenvalue weighted by atomic mass is 16.5. The molecule has 3 aliphatic rings. The molecule has 6 heteroatoms. The fourth-order valence-corrected chi connectivity index (χ4v) is 7.21. The Balaban J connectivity index is 1.59. The second-order valence-electron chi connectivity index (χ2n) is 13.5. The number of aryl methyl sites for hydroxylation is 2. The Kier molecular flexibility index (Phi) is 7.50. The topological polar surface area (TPSA) is 71.1 Å². The molecule has 0 unspecified atom stereocenters. The van der Waals surface area contributed by atoms with E-state index in [0.29, 0.717) is 11.5 Å². The highest BCUT2D eigenvalue weighted by molar-refractivity contribution is 5.47. The molecule has 0 saturated carbocycles. The minimum Gasteiger partial charge on any atom is -0.493 e. The van der Waals surface area contributed by atoms with E-state index in [-0.39, 0.29) is 28.1 Å². The van der Waals surface area contributed by atoms with Gasteiger partial charge in [0.05, 0.1) is 14.2 Å². The highest BCUT2D eigenvalue weighted by Crippen LogP contribution is 2.49. The number of methoxy groups -OCH3 is 2. The summed E-state index contributed by atoms with van der Waals surface area (Å²) >= 11 is 0. The van der Waals surface area contributed by atoms with E-state index in [0.717, 1.165) is 72.3 Å². The SMILES string of the molecule is COc1cc2c(c(C)cc1=O)C[C@@H]1CC[C@]3(C)Oc4cc(OC)c(=O)cc(C)c4C[C@H]3CC(C)(C)/C=C/C[C@@]1(C)O2. The van der Waals surface area contributed by atoms with Crippen molar-refractivity contribution in [3.63, 3.8) is 0 Å². The lowest BCUT2D eigenvalue weighted by Gasteiger charge is -2.47. The first kappa shape index (κ1) is 29.2. The van der Waals surface area contributed by atoms with Crippen molar-refractivity contribution in [1.82, 2.24) is 0 Å². The average molecular weight is 561 g/mol. The molecule has 5 rings (SSSR count). The van der Waals surface area contributed by atoms with E-state index in [1.54, 1.807) is 24.3 Å². The van der Waals surface area contributed by atoms with Crippen molar-refractivity contribution in [2.45, 2.75) is 91.3 Å². The van der Waals surface area contributed by atoms with Crippen molar-refractivity contribution >= 4 is 0 Å². The van der Waals surface area contributed by atoms with Crippen molar-refractivity contribution < 1.29 is 18.9 Å². The summed E-state index contributed by atoms with van der Waals surface area (Å²) in [6.45, 7) is 13.0. The summed E-state index contributed by atoms with van der Waals surface area (Å²) in [5, 5.41) is 0. The van der Waals surface area contributed by atoms with Crippen LogP contribution < -0.4 is 29.8 Å². The third kappa shape index (κ3) is 5.50. The van der Waals surface area contributed by atoms with Gasteiger partial charge in [-0.25, -0.2) is 0 Å². The van der Waals surface area contributed by atoms with Gasteiger partial charge < -0.3 is 18.9 Å². The fraction of sp³-hybridized carbons (Fsp3) is 0.543. The maximum Gasteiger partial charge on any atom is 0.220 e. The van der Waals surface area contributed by atoms with E-state index in [4.69, 9.17) is 18.9 Å². The van der Waals surface area contributed by atoms with E-state index in [9.17, 15) is 9.59 Å².